The molecule has 0 saturated carbocycles. The molecule has 2 atom stereocenters. The summed E-state index contributed by atoms with van der Waals surface area (Å²) in [7, 11) is 2.40. The molecule has 1 aromatic rings. The lowest BCUT2D eigenvalue weighted by Gasteiger charge is -2.31. The zero-order chi connectivity index (χ0) is 18.0. The van der Waals surface area contributed by atoms with Gasteiger partial charge in [-0.3, -0.25) is 9.59 Å². The summed E-state index contributed by atoms with van der Waals surface area (Å²) in [4.78, 5) is 36.6. The van der Waals surface area contributed by atoms with E-state index >= 15 is 0 Å². The summed E-state index contributed by atoms with van der Waals surface area (Å²) < 4.78 is 15.2. The van der Waals surface area contributed by atoms with Crippen molar-refractivity contribution in [3.8, 4) is 5.75 Å². The largest absolute Gasteiger partial charge is 0.468 e. The fourth-order valence-electron chi connectivity index (χ4n) is 2.84. The second-order valence-corrected chi connectivity index (χ2v) is 5.77. The summed E-state index contributed by atoms with van der Waals surface area (Å²) in [5.74, 6) is -3.28. The highest BCUT2D eigenvalue weighted by molar-refractivity contribution is 6.30. The first-order valence-electron chi connectivity index (χ1n) is 7.16. The molecule has 24 heavy (non-hydrogen) atoms. The fraction of sp³-hybridized carbons (Fsp3) is 0.353. The number of halogens is 1. The van der Waals surface area contributed by atoms with Gasteiger partial charge in [-0.05, 0) is 32.0 Å². The first-order chi connectivity index (χ1) is 11.3. The van der Waals surface area contributed by atoms with Crippen LogP contribution in [0.25, 0.3) is 0 Å². The van der Waals surface area contributed by atoms with Gasteiger partial charge in [-0.2, -0.15) is 0 Å². The molecule has 6 nitrogen and oxygen atoms in total. The van der Waals surface area contributed by atoms with Crippen LogP contribution in [0, 0.1) is 5.92 Å². The van der Waals surface area contributed by atoms with E-state index in [1.165, 1.54) is 21.1 Å². The Bertz CT molecular complexity index is 737. The van der Waals surface area contributed by atoms with Gasteiger partial charge in [0, 0.05) is 16.5 Å². The van der Waals surface area contributed by atoms with E-state index in [0.717, 1.165) is 0 Å². The predicted octanol–water partition coefficient (Wildman–Crippen LogP) is 2.64. The summed E-state index contributed by atoms with van der Waals surface area (Å²) in [6, 6.07) is 4.81. The Hall–Kier alpha value is -2.34. The standard InChI is InChI=1S/C17H17ClO6/c1-8(19)13(16(20)22-3)15-11-7-10(18)5-6-12(11)24-9(2)14(15)17(21)23-4/h5-7,13,15H,1-4H3/t13-,15+/m1/s1. The van der Waals surface area contributed by atoms with E-state index in [9.17, 15) is 14.4 Å². The zero-order valence-electron chi connectivity index (χ0n) is 13.7. The van der Waals surface area contributed by atoms with Crippen LogP contribution in [0.15, 0.2) is 29.5 Å². The van der Waals surface area contributed by atoms with Gasteiger partial charge in [-0.15, -0.1) is 0 Å². The average Bonchev–Trinajstić information content (AvgIpc) is 2.54. The minimum Gasteiger partial charge on any atom is -0.468 e. The molecule has 0 unspecified atom stereocenters. The molecule has 1 aliphatic rings. The van der Waals surface area contributed by atoms with Crippen LogP contribution in [0.3, 0.4) is 0 Å². The maximum Gasteiger partial charge on any atom is 0.337 e. The van der Waals surface area contributed by atoms with E-state index in [1.807, 2.05) is 0 Å². The van der Waals surface area contributed by atoms with Gasteiger partial charge >= 0.3 is 11.9 Å². The molecule has 128 valence electrons. The molecular weight excluding hydrogens is 336 g/mol. The number of hydrogen-bond acceptors (Lipinski definition) is 6. The highest BCUT2D eigenvalue weighted by atomic mass is 35.5. The van der Waals surface area contributed by atoms with Gasteiger partial charge in [0.1, 0.15) is 23.2 Å². The van der Waals surface area contributed by atoms with Crippen molar-refractivity contribution in [1.82, 2.24) is 0 Å². The van der Waals surface area contributed by atoms with Gasteiger partial charge in [0.2, 0.25) is 0 Å². The van der Waals surface area contributed by atoms with Crippen LogP contribution in [0.2, 0.25) is 5.02 Å². The van der Waals surface area contributed by atoms with E-state index in [2.05, 4.69) is 0 Å². The van der Waals surface area contributed by atoms with E-state index in [4.69, 9.17) is 25.8 Å². The number of rotatable bonds is 4. The van der Waals surface area contributed by atoms with Crippen molar-refractivity contribution in [2.75, 3.05) is 14.2 Å². The number of carbonyl (C=O) groups is 3. The second-order valence-electron chi connectivity index (χ2n) is 5.33. The van der Waals surface area contributed by atoms with Crippen molar-refractivity contribution in [1.29, 1.82) is 0 Å². The Morgan fingerprint density at radius 1 is 1.21 bits per heavy atom. The lowest BCUT2D eigenvalue weighted by Crippen LogP contribution is -2.35. The molecule has 0 amide bonds. The highest BCUT2D eigenvalue weighted by Gasteiger charge is 2.44. The first kappa shape index (κ1) is 18.0. The van der Waals surface area contributed by atoms with Crippen molar-refractivity contribution in [2.45, 2.75) is 19.8 Å². The van der Waals surface area contributed by atoms with Crippen LogP contribution in [0.5, 0.6) is 5.75 Å². The number of fused-ring (bicyclic) bond motifs is 1. The zero-order valence-corrected chi connectivity index (χ0v) is 14.5. The van der Waals surface area contributed by atoms with Crippen LogP contribution in [0.4, 0.5) is 0 Å². The maximum absolute atomic E-state index is 12.3. The third-order valence-electron chi connectivity index (χ3n) is 3.89. The highest BCUT2D eigenvalue weighted by Crippen LogP contribution is 2.45. The normalized spacial score (nSPS) is 17.5. The van der Waals surface area contributed by atoms with E-state index < -0.39 is 29.6 Å². The summed E-state index contributed by atoms with van der Waals surface area (Å²) in [5.41, 5.74) is 0.553. The number of carbonyl (C=O) groups excluding carboxylic acids is 3. The minimum atomic E-state index is -1.21. The minimum absolute atomic E-state index is 0.0952. The van der Waals surface area contributed by atoms with Gasteiger partial charge in [0.05, 0.1) is 19.8 Å². The van der Waals surface area contributed by atoms with Crippen molar-refractivity contribution in [3.63, 3.8) is 0 Å². The lowest BCUT2D eigenvalue weighted by atomic mass is 9.76. The summed E-state index contributed by atoms with van der Waals surface area (Å²) >= 11 is 6.05. The molecule has 0 radical (unpaired) electrons. The number of allylic oxidation sites excluding steroid dienone is 1. The molecule has 1 heterocycles. The Kier molecular flexibility index (Phi) is 5.29. The van der Waals surface area contributed by atoms with Gasteiger partial charge in [0.25, 0.3) is 0 Å². The third-order valence-corrected chi connectivity index (χ3v) is 4.13. The van der Waals surface area contributed by atoms with Crippen LogP contribution in [-0.2, 0) is 23.9 Å². The van der Waals surface area contributed by atoms with Crippen LogP contribution in [-0.4, -0.2) is 31.9 Å². The Morgan fingerprint density at radius 3 is 2.42 bits per heavy atom. The molecular formula is C17H17ClO6. The van der Waals surface area contributed by atoms with Crippen LogP contribution in [0.1, 0.15) is 25.3 Å². The van der Waals surface area contributed by atoms with E-state index in [1.54, 1.807) is 25.1 Å². The number of Topliss-reactive ketones (excluding diaryl/α,β-unsaturated/α-hetero) is 1. The quantitative estimate of drug-likeness (QED) is 0.612. The molecule has 7 heteroatoms. The summed E-state index contributed by atoms with van der Waals surface area (Å²) in [6.45, 7) is 2.84. The molecule has 1 aromatic carbocycles. The number of methoxy groups -OCH3 is 2. The molecule has 1 aliphatic heterocycles. The topological polar surface area (TPSA) is 78.9 Å². The van der Waals surface area contributed by atoms with Gasteiger partial charge < -0.3 is 14.2 Å². The smallest absolute Gasteiger partial charge is 0.337 e. The van der Waals surface area contributed by atoms with Crippen molar-refractivity contribution < 1.29 is 28.6 Å². The monoisotopic (exact) mass is 352 g/mol. The number of hydrogen-bond donors (Lipinski definition) is 0. The molecule has 0 N–H and O–H groups in total. The van der Waals surface area contributed by atoms with E-state index in [-0.39, 0.29) is 11.3 Å². The molecule has 0 saturated heterocycles. The molecule has 0 spiro atoms. The Labute approximate surface area is 144 Å². The predicted molar refractivity (Wildman–Crippen MR) is 85.7 cm³/mol. The SMILES string of the molecule is COC(=O)C1=C(C)Oc2ccc(Cl)cc2[C@H]1[C@@H](C(C)=O)C(=O)OC. The van der Waals surface area contributed by atoms with Crippen LogP contribution >= 0.6 is 11.6 Å². The Morgan fingerprint density at radius 2 is 1.88 bits per heavy atom. The second kappa shape index (κ2) is 7.05. The van der Waals surface area contributed by atoms with Gasteiger partial charge in [-0.1, -0.05) is 11.6 Å². The first-order valence-corrected chi connectivity index (χ1v) is 7.54. The van der Waals surface area contributed by atoms with Crippen molar-refractivity contribution in [2.24, 2.45) is 5.92 Å². The molecule has 0 aliphatic carbocycles. The van der Waals surface area contributed by atoms with E-state index in [0.29, 0.717) is 16.3 Å². The van der Waals surface area contributed by atoms with Gasteiger partial charge in [0.15, 0.2) is 0 Å². The molecule has 0 bridgehead atoms. The maximum atomic E-state index is 12.3. The number of ether oxygens (including phenoxy) is 3. The number of ketones is 1. The Balaban J connectivity index is 2.73. The molecule has 2 rings (SSSR count). The average molecular weight is 353 g/mol. The van der Waals surface area contributed by atoms with Crippen LogP contribution < -0.4 is 4.74 Å². The molecule has 0 fully saturated rings. The van der Waals surface area contributed by atoms with Crippen molar-refractivity contribution >= 4 is 29.3 Å². The lowest BCUT2D eigenvalue weighted by molar-refractivity contribution is -0.149. The molecule has 0 aromatic heterocycles. The fourth-order valence-corrected chi connectivity index (χ4v) is 3.02. The summed E-state index contributed by atoms with van der Waals surface area (Å²) in [6.07, 6.45) is 0. The summed E-state index contributed by atoms with van der Waals surface area (Å²) in [5, 5.41) is 0.387. The third kappa shape index (κ3) is 3.14. The van der Waals surface area contributed by atoms with Crippen molar-refractivity contribution in [3.05, 3.63) is 40.1 Å². The number of benzene rings is 1. The van der Waals surface area contributed by atoms with Gasteiger partial charge in [-0.25, -0.2) is 4.79 Å². The number of esters is 2.